The van der Waals surface area contributed by atoms with Crippen molar-refractivity contribution in [2.24, 2.45) is 16.1 Å². The number of morpholine rings is 1. The number of rotatable bonds is 1. The molecule has 27 heavy (non-hydrogen) atoms. The summed E-state index contributed by atoms with van der Waals surface area (Å²) in [6, 6.07) is 10.1. The van der Waals surface area contributed by atoms with Gasteiger partial charge in [0.1, 0.15) is 23.5 Å². The zero-order valence-electron chi connectivity index (χ0n) is 15.4. The van der Waals surface area contributed by atoms with E-state index in [1.165, 1.54) is 0 Å². The maximum Gasteiger partial charge on any atom is 0.211 e. The molecule has 3 N–H and O–H groups in total. The van der Waals surface area contributed by atoms with Gasteiger partial charge in [0, 0.05) is 18.7 Å². The topological polar surface area (TPSA) is 108 Å². The second-order valence-corrected chi connectivity index (χ2v) is 6.91. The van der Waals surface area contributed by atoms with Crippen LogP contribution in [0, 0.1) is 29.1 Å². The molecule has 0 radical (unpaired) electrons. The minimum atomic E-state index is -1.16. The van der Waals surface area contributed by atoms with Crippen LogP contribution in [0.25, 0.3) is 5.76 Å². The molecule has 0 amide bonds. The number of amidine groups is 1. The van der Waals surface area contributed by atoms with E-state index in [-0.39, 0.29) is 17.3 Å². The molecule has 1 spiro atoms. The Morgan fingerprint density at radius 2 is 1.89 bits per heavy atom. The van der Waals surface area contributed by atoms with Crippen LogP contribution in [0.15, 0.2) is 46.2 Å². The van der Waals surface area contributed by atoms with Gasteiger partial charge in [0.15, 0.2) is 5.41 Å². The van der Waals surface area contributed by atoms with Crippen molar-refractivity contribution in [2.45, 2.75) is 13.8 Å². The Kier molecular flexibility index (Phi) is 4.01. The lowest BCUT2D eigenvalue weighted by molar-refractivity contribution is 0.0661. The van der Waals surface area contributed by atoms with Crippen LogP contribution in [0.3, 0.4) is 0 Å². The molecule has 7 nitrogen and oxygen atoms in total. The van der Waals surface area contributed by atoms with E-state index in [1.54, 1.807) is 0 Å². The number of nitrogens with zero attached hydrogens (tertiary/aromatic N) is 3. The number of aliphatic imine (C=N–C) groups is 1. The summed E-state index contributed by atoms with van der Waals surface area (Å²) in [4.78, 5) is 6.55. The highest BCUT2D eigenvalue weighted by Crippen LogP contribution is 2.52. The molecule has 1 fully saturated rings. The molecule has 1 saturated heterocycles. The minimum absolute atomic E-state index is 0.0298. The van der Waals surface area contributed by atoms with E-state index in [9.17, 15) is 5.26 Å². The van der Waals surface area contributed by atoms with Crippen LogP contribution in [0.5, 0.6) is 0 Å². The fourth-order valence-electron chi connectivity index (χ4n) is 3.93. The van der Waals surface area contributed by atoms with Crippen molar-refractivity contribution < 1.29 is 9.47 Å². The SMILES string of the molecule is CC1=C(c2ccc(C)cc2)OC(=N)C12C(N1CCOCC1)=NC(N)=C2C#N. The molecular weight excluding hydrogens is 342 g/mol. The standard InChI is InChI=1S/C20H21N5O2/c1-12-3-5-14(6-4-12)16-13(2)20(18(23)27-16)15(11-21)17(22)24-19(20)25-7-9-26-10-8-25/h3-6,23H,7-10,22H2,1-2H3. The molecular formula is C20H21N5O2. The molecule has 1 atom stereocenters. The van der Waals surface area contributed by atoms with Crippen molar-refractivity contribution in [3.63, 3.8) is 0 Å². The van der Waals surface area contributed by atoms with E-state index >= 15 is 0 Å². The normalized spacial score (nSPS) is 25.1. The monoisotopic (exact) mass is 363 g/mol. The molecule has 3 heterocycles. The summed E-state index contributed by atoms with van der Waals surface area (Å²) in [5, 5.41) is 18.5. The molecule has 0 saturated carbocycles. The van der Waals surface area contributed by atoms with E-state index in [2.05, 4.69) is 11.1 Å². The van der Waals surface area contributed by atoms with Gasteiger partial charge in [-0.15, -0.1) is 0 Å². The summed E-state index contributed by atoms with van der Waals surface area (Å²) in [5.74, 6) is 1.29. The summed E-state index contributed by atoms with van der Waals surface area (Å²) in [6.07, 6.45) is 0. The Morgan fingerprint density at radius 3 is 2.52 bits per heavy atom. The fourth-order valence-corrected chi connectivity index (χ4v) is 3.93. The van der Waals surface area contributed by atoms with Crippen molar-refractivity contribution in [1.29, 1.82) is 10.7 Å². The molecule has 0 aliphatic carbocycles. The molecule has 1 aromatic carbocycles. The minimum Gasteiger partial charge on any atom is -0.441 e. The number of hydrogen-bond acceptors (Lipinski definition) is 7. The molecule has 1 aromatic rings. The first-order valence-electron chi connectivity index (χ1n) is 8.87. The van der Waals surface area contributed by atoms with E-state index in [0.717, 1.165) is 16.7 Å². The van der Waals surface area contributed by atoms with Crippen LogP contribution < -0.4 is 5.73 Å². The lowest BCUT2D eigenvalue weighted by atomic mass is 9.74. The maximum atomic E-state index is 9.83. The molecule has 4 rings (SSSR count). The highest BCUT2D eigenvalue weighted by molar-refractivity contribution is 6.19. The number of nitriles is 1. The Hall–Kier alpha value is -3.11. The van der Waals surface area contributed by atoms with Gasteiger partial charge in [-0.1, -0.05) is 29.8 Å². The van der Waals surface area contributed by atoms with Gasteiger partial charge in [-0.25, -0.2) is 4.99 Å². The number of hydrogen-bond donors (Lipinski definition) is 2. The summed E-state index contributed by atoms with van der Waals surface area (Å²) in [6.45, 7) is 6.31. The second-order valence-electron chi connectivity index (χ2n) is 6.91. The number of nitrogens with two attached hydrogens (primary N) is 1. The van der Waals surface area contributed by atoms with Gasteiger partial charge in [0.2, 0.25) is 5.90 Å². The summed E-state index contributed by atoms with van der Waals surface area (Å²) >= 11 is 0. The molecule has 0 aromatic heterocycles. The highest BCUT2D eigenvalue weighted by Gasteiger charge is 2.59. The van der Waals surface area contributed by atoms with E-state index < -0.39 is 5.41 Å². The quantitative estimate of drug-likeness (QED) is 0.795. The van der Waals surface area contributed by atoms with Crippen molar-refractivity contribution >= 4 is 17.5 Å². The molecule has 3 aliphatic heterocycles. The van der Waals surface area contributed by atoms with E-state index in [0.29, 0.717) is 37.9 Å². The lowest BCUT2D eigenvalue weighted by Gasteiger charge is -2.36. The van der Waals surface area contributed by atoms with Gasteiger partial charge < -0.3 is 20.1 Å². The smallest absolute Gasteiger partial charge is 0.211 e. The van der Waals surface area contributed by atoms with Crippen molar-refractivity contribution in [2.75, 3.05) is 26.3 Å². The largest absolute Gasteiger partial charge is 0.441 e. The first-order chi connectivity index (χ1) is 13.0. The van der Waals surface area contributed by atoms with E-state index in [4.69, 9.17) is 20.6 Å². The Bertz CT molecular complexity index is 946. The average molecular weight is 363 g/mol. The van der Waals surface area contributed by atoms with Gasteiger partial charge >= 0.3 is 0 Å². The zero-order valence-corrected chi connectivity index (χ0v) is 15.4. The predicted octanol–water partition coefficient (Wildman–Crippen LogP) is 2.16. The fraction of sp³-hybridized carbons (Fsp3) is 0.350. The Balaban J connectivity index is 1.89. The number of aryl methyl sites for hydroxylation is 1. The van der Waals surface area contributed by atoms with Crippen molar-refractivity contribution in [1.82, 2.24) is 4.90 Å². The zero-order chi connectivity index (χ0) is 19.2. The molecule has 138 valence electrons. The van der Waals surface area contributed by atoms with Gasteiger partial charge in [0.25, 0.3) is 0 Å². The van der Waals surface area contributed by atoms with Gasteiger partial charge in [-0.3, -0.25) is 5.41 Å². The van der Waals surface area contributed by atoms with Crippen LogP contribution in [-0.2, 0) is 9.47 Å². The van der Waals surface area contributed by atoms with Crippen LogP contribution in [0.4, 0.5) is 0 Å². The lowest BCUT2D eigenvalue weighted by Crippen LogP contribution is -2.50. The van der Waals surface area contributed by atoms with Crippen LogP contribution in [0.1, 0.15) is 18.1 Å². The molecule has 0 bridgehead atoms. The van der Waals surface area contributed by atoms with Crippen LogP contribution in [0.2, 0.25) is 0 Å². The summed E-state index contributed by atoms with van der Waals surface area (Å²) in [7, 11) is 0. The third-order valence-electron chi connectivity index (χ3n) is 5.38. The van der Waals surface area contributed by atoms with Crippen molar-refractivity contribution in [3.8, 4) is 6.07 Å². The number of benzene rings is 1. The predicted molar refractivity (Wildman–Crippen MR) is 102 cm³/mol. The summed E-state index contributed by atoms with van der Waals surface area (Å²) in [5.41, 5.74) is 7.97. The molecule has 3 aliphatic rings. The molecule has 1 unspecified atom stereocenters. The van der Waals surface area contributed by atoms with Gasteiger partial charge in [0.05, 0.1) is 18.8 Å². The van der Waals surface area contributed by atoms with Gasteiger partial charge in [-0.2, -0.15) is 5.26 Å². The molecule has 7 heteroatoms. The van der Waals surface area contributed by atoms with Crippen LogP contribution >= 0.6 is 0 Å². The van der Waals surface area contributed by atoms with E-state index in [1.807, 2.05) is 43.0 Å². The first kappa shape index (κ1) is 17.3. The Morgan fingerprint density at radius 1 is 1.22 bits per heavy atom. The number of ether oxygens (including phenoxy) is 2. The van der Waals surface area contributed by atoms with Gasteiger partial charge in [-0.05, 0) is 19.4 Å². The van der Waals surface area contributed by atoms with Crippen molar-refractivity contribution in [3.05, 3.63) is 52.4 Å². The Labute approximate surface area is 157 Å². The third kappa shape index (κ3) is 2.37. The first-order valence-corrected chi connectivity index (χ1v) is 8.87. The second kappa shape index (κ2) is 6.25. The number of nitrogens with one attached hydrogen (secondary N) is 1. The summed E-state index contributed by atoms with van der Waals surface area (Å²) < 4.78 is 11.4. The average Bonchev–Trinajstić information content (AvgIpc) is 3.12. The maximum absolute atomic E-state index is 9.83. The van der Waals surface area contributed by atoms with Crippen LogP contribution in [-0.4, -0.2) is 42.9 Å². The highest BCUT2D eigenvalue weighted by atomic mass is 16.5. The third-order valence-corrected chi connectivity index (χ3v) is 5.38.